The van der Waals surface area contributed by atoms with Crippen LogP contribution >= 0.6 is 23.2 Å². The molecule has 0 saturated heterocycles. The molecule has 0 amide bonds. The van der Waals surface area contributed by atoms with Crippen LogP contribution in [0.5, 0.6) is 11.5 Å². The lowest BCUT2D eigenvalue weighted by Gasteiger charge is -2.12. The first kappa shape index (κ1) is 20.7. The summed E-state index contributed by atoms with van der Waals surface area (Å²) in [6, 6.07) is 9.40. The lowest BCUT2D eigenvalue weighted by Crippen LogP contribution is -2.24. The molecular weight excluding hydrogens is 421 g/mol. The third-order valence-corrected chi connectivity index (χ3v) is 6.04. The number of nitrogens with one attached hydrogen (secondary N) is 1. The number of benzene rings is 2. The van der Waals surface area contributed by atoms with Crippen LogP contribution in [0.1, 0.15) is 19.8 Å². The minimum absolute atomic E-state index is 0.176. The Morgan fingerprint density at radius 2 is 1.89 bits per heavy atom. The molecule has 0 aliphatic heterocycles. The largest absolute Gasteiger partial charge is 0.456 e. The van der Waals surface area contributed by atoms with Gasteiger partial charge in [0.2, 0.25) is 10.0 Å². The van der Waals surface area contributed by atoms with Gasteiger partial charge in [-0.05, 0) is 36.8 Å². The van der Waals surface area contributed by atoms with Crippen molar-refractivity contribution in [3.63, 3.8) is 0 Å². The second-order valence-corrected chi connectivity index (χ2v) is 8.61. The van der Waals surface area contributed by atoms with Crippen molar-refractivity contribution in [3.8, 4) is 17.2 Å². The van der Waals surface area contributed by atoms with Crippen molar-refractivity contribution >= 4 is 33.2 Å². The van der Waals surface area contributed by atoms with E-state index in [9.17, 15) is 8.42 Å². The quantitative estimate of drug-likeness (QED) is 0.498. The number of unbranched alkanes of at least 4 members (excludes halogenated alkanes) is 1. The third-order valence-electron chi connectivity index (χ3n) is 3.97. The maximum absolute atomic E-state index is 12.2. The summed E-state index contributed by atoms with van der Waals surface area (Å²) < 4.78 is 34.5. The normalized spacial score (nSPS) is 11.5. The van der Waals surface area contributed by atoms with E-state index in [1.54, 1.807) is 47.6 Å². The third kappa shape index (κ3) is 4.86. The number of sulfonamides is 1. The molecule has 3 aromatic rings. The van der Waals surface area contributed by atoms with E-state index >= 15 is 0 Å². The van der Waals surface area contributed by atoms with Crippen molar-refractivity contribution < 1.29 is 13.2 Å². The number of nitrogens with zero attached hydrogens (tertiary/aromatic N) is 2. The highest BCUT2D eigenvalue weighted by molar-refractivity contribution is 7.89. The summed E-state index contributed by atoms with van der Waals surface area (Å²) in [5.41, 5.74) is 0.677. The molecule has 9 heteroatoms. The van der Waals surface area contributed by atoms with Gasteiger partial charge in [-0.3, -0.25) is 0 Å². The fourth-order valence-electron chi connectivity index (χ4n) is 2.48. The van der Waals surface area contributed by atoms with Gasteiger partial charge in [0.1, 0.15) is 11.5 Å². The minimum atomic E-state index is -3.53. The van der Waals surface area contributed by atoms with Crippen molar-refractivity contribution in [1.29, 1.82) is 0 Å². The average molecular weight is 440 g/mol. The highest BCUT2D eigenvalue weighted by atomic mass is 35.5. The fraction of sp³-hybridized carbons (Fsp3) is 0.211. The van der Waals surface area contributed by atoms with Crippen LogP contribution in [0.2, 0.25) is 10.0 Å². The van der Waals surface area contributed by atoms with Gasteiger partial charge in [-0.2, -0.15) is 0 Å². The van der Waals surface area contributed by atoms with Gasteiger partial charge in [0, 0.05) is 25.0 Å². The van der Waals surface area contributed by atoms with Crippen LogP contribution in [0.25, 0.3) is 5.69 Å². The standard InChI is InChI=1S/C19H19Cl2N3O3S/c1-2-3-8-23-28(25,26)15-6-4-14(5-7-15)27-19-12-16(20)18(11-17(19)21)24-10-9-22-13-24/h4-7,9-13,23H,2-3,8H2,1H3. The molecule has 0 radical (unpaired) electrons. The molecule has 0 atom stereocenters. The van der Waals surface area contributed by atoms with E-state index < -0.39 is 10.0 Å². The van der Waals surface area contributed by atoms with E-state index in [0.29, 0.717) is 33.8 Å². The average Bonchev–Trinajstić information content (AvgIpc) is 3.19. The monoisotopic (exact) mass is 439 g/mol. The minimum Gasteiger partial charge on any atom is -0.456 e. The first-order valence-corrected chi connectivity index (χ1v) is 10.9. The van der Waals surface area contributed by atoms with Crippen LogP contribution in [0.3, 0.4) is 0 Å². The Labute approximate surface area is 174 Å². The molecule has 1 N–H and O–H groups in total. The van der Waals surface area contributed by atoms with Crippen molar-refractivity contribution in [2.24, 2.45) is 0 Å². The smallest absolute Gasteiger partial charge is 0.240 e. The molecule has 0 bridgehead atoms. The Bertz CT molecular complexity index is 1040. The molecule has 0 spiro atoms. The molecule has 28 heavy (non-hydrogen) atoms. The van der Waals surface area contributed by atoms with Crippen LogP contribution in [-0.2, 0) is 10.0 Å². The molecule has 1 aromatic heterocycles. The van der Waals surface area contributed by atoms with Crippen molar-refractivity contribution in [2.45, 2.75) is 24.7 Å². The van der Waals surface area contributed by atoms with E-state index in [1.807, 2.05) is 6.92 Å². The summed E-state index contributed by atoms with van der Waals surface area (Å²) in [5, 5.41) is 0.808. The summed E-state index contributed by atoms with van der Waals surface area (Å²) in [7, 11) is -3.53. The molecule has 148 valence electrons. The van der Waals surface area contributed by atoms with E-state index in [-0.39, 0.29) is 4.90 Å². The Morgan fingerprint density at radius 3 is 2.54 bits per heavy atom. The number of ether oxygens (including phenoxy) is 1. The van der Waals surface area contributed by atoms with Crippen molar-refractivity contribution in [3.05, 3.63) is 65.2 Å². The van der Waals surface area contributed by atoms with Gasteiger partial charge in [0.05, 0.1) is 27.0 Å². The molecule has 1 heterocycles. The Morgan fingerprint density at radius 1 is 1.14 bits per heavy atom. The number of hydrogen-bond acceptors (Lipinski definition) is 4. The molecule has 6 nitrogen and oxygen atoms in total. The fourth-order valence-corrected chi connectivity index (χ4v) is 4.00. The van der Waals surface area contributed by atoms with Crippen LogP contribution in [-0.4, -0.2) is 24.5 Å². The molecule has 0 saturated carbocycles. The van der Waals surface area contributed by atoms with E-state index in [4.69, 9.17) is 27.9 Å². The number of hydrogen-bond donors (Lipinski definition) is 1. The molecule has 0 unspecified atom stereocenters. The first-order chi connectivity index (χ1) is 13.4. The first-order valence-electron chi connectivity index (χ1n) is 8.65. The molecule has 0 fully saturated rings. The van der Waals surface area contributed by atoms with E-state index in [2.05, 4.69) is 9.71 Å². The van der Waals surface area contributed by atoms with Gasteiger partial charge < -0.3 is 9.30 Å². The Kier molecular flexibility index (Phi) is 6.61. The number of aromatic nitrogens is 2. The zero-order chi connectivity index (χ0) is 20.1. The molecule has 0 aliphatic rings. The van der Waals surface area contributed by atoms with Gasteiger partial charge in [0.15, 0.2) is 0 Å². The molecule has 0 aliphatic carbocycles. The number of imidazole rings is 1. The van der Waals surface area contributed by atoms with Crippen LogP contribution in [0, 0.1) is 0 Å². The Hall–Kier alpha value is -2.06. The molecule has 2 aromatic carbocycles. The van der Waals surface area contributed by atoms with E-state index in [0.717, 1.165) is 12.8 Å². The topological polar surface area (TPSA) is 73.2 Å². The van der Waals surface area contributed by atoms with Crippen LogP contribution < -0.4 is 9.46 Å². The maximum Gasteiger partial charge on any atom is 0.240 e. The highest BCUT2D eigenvalue weighted by Gasteiger charge is 2.14. The van der Waals surface area contributed by atoms with Gasteiger partial charge in [-0.15, -0.1) is 0 Å². The lowest BCUT2D eigenvalue weighted by molar-refractivity contribution is 0.482. The predicted molar refractivity (Wildman–Crippen MR) is 110 cm³/mol. The van der Waals surface area contributed by atoms with Crippen molar-refractivity contribution in [2.75, 3.05) is 6.54 Å². The van der Waals surface area contributed by atoms with Gasteiger partial charge in [-0.1, -0.05) is 36.5 Å². The second-order valence-electron chi connectivity index (χ2n) is 6.03. The lowest BCUT2D eigenvalue weighted by atomic mass is 10.3. The maximum atomic E-state index is 12.2. The Balaban J connectivity index is 1.76. The predicted octanol–water partition coefficient (Wildman–Crippen LogP) is 5.05. The summed E-state index contributed by atoms with van der Waals surface area (Å²) >= 11 is 12.6. The summed E-state index contributed by atoms with van der Waals surface area (Å²) in [5.74, 6) is 0.813. The van der Waals surface area contributed by atoms with Crippen LogP contribution in [0.4, 0.5) is 0 Å². The second kappa shape index (κ2) is 8.96. The summed E-state index contributed by atoms with van der Waals surface area (Å²) in [6.07, 6.45) is 6.71. The van der Waals surface area contributed by atoms with Gasteiger partial charge in [-0.25, -0.2) is 18.1 Å². The number of halogens is 2. The van der Waals surface area contributed by atoms with Crippen LogP contribution in [0.15, 0.2) is 60.0 Å². The van der Waals surface area contributed by atoms with Gasteiger partial charge >= 0.3 is 0 Å². The van der Waals surface area contributed by atoms with Gasteiger partial charge in [0.25, 0.3) is 0 Å². The van der Waals surface area contributed by atoms with E-state index in [1.165, 1.54) is 12.1 Å². The zero-order valence-corrected chi connectivity index (χ0v) is 17.4. The molecule has 3 rings (SSSR count). The zero-order valence-electron chi connectivity index (χ0n) is 15.1. The van der Waals surface area contributed by atoms with Crippen molar-refractivity contribution in [1.82, 2.24) is 14.3 Å². The summed E-state index contributed by atoms with van der Waals surface area (Å²) in [6.45, 7) is 2.41. The molecular formula is C19H19Cl2N3O3S. The number of rotatable bonds is 8. The highest BCUT2D eigenvalue weighted by Crippen LogP contribution is 2.36. The SMILES string of the molecule is CCCCNS(=O)(=O)c1ccc(Oc2cc(Cl)c(-n3ccnc3)cc2Cl)cc1. The summed E-state index contributed by atoms with van der Waals surface area (Å²) in [4.78, 5) is 4.16.